The van der Waals surface area contributed by atoms with Gasteiger partial charge in [-0.15, -0.1) is 0 Å². The zero-order valence-electron chi connectivity index (χ0n) is 11.6. The second-order valence-corrected chi connectivity index (χ2v) is 5.75. The molecular formula is C15H20FN3O. The quantitative estimate of drug-likeness (QED) is 0.862. The van der Waals surface area contributed by atoms with Gasteiger partial charge in [0.2, 0.25) is 5.91 Å². The molecule has 0 spiro atoms. The molecule has 1 aromatic rings. The highest BCUT2D eigenvalue weighted by atomic mass is 19.1. The molecule has 0 aliphatic carbocycles. The van der Waals surface area contributed by atoms with E-state index in [1.165, 1.54) is 6.07 Å². The van der Waals surface area contributed by atoms with E-state index in [1.807, 2.05) is 17.9 Å². The number of nitrogens with zero attached hydrogens (tertiary/aromatic N) is 1. The Balaban J connectivity index is 1.90. The fraction of sp³-hybridized carbons (Fsp3) is 0.533. The third-order valence-electron chi connectivity index (χ3n) is 4.41. The number of benzene rings is 1. The molecule has 4 nitrogen and oxygen atoms in total. The van der Waals surface area contributed by atoms with Crippen LogP contribution in [0.25, 0.3) is 0 Å². The Bertz CT molecular complexity index is 532. The number of anilines is 1. The first-order valence-electron chi connectivity index (χ1n) is 7.17. The molecule has 0 bridgehead atoms. The van der Waals surface area contributed by atoms with Gasteiger partial charge in [0.05, 0.1) is 17.6 Å². The number of amides is 1. The minimum Gasteiger partial charge on any atom is -0.364 e. The Hall–Kier alpha value is -1.62. The van der Waals surface area contributed by atoms with Gasteiger partial charge in [-0.3, -0.25) is 4.79 Å². The van der Waals surface area contributed by atoms with Crippen molar-refractivity contribution in [1.82, 2.24) is 5.32 Å². The Morgan fingerprint density at radius 3 is 3.00 bits per heavy atom. The van der Waals surface area contributed by atoms with Gasteiger partial charge in [0, 0.05) is 19.1 Å². The molecule has 0 aromatic heterocycles. The summed E-state index contributed by atoms with van der Waals surface area (Å²) < 4.78 is 14.3. The maximum atomic E-state index is 14.3. The van der Waals surface area contributed by atoms with Crippen molar-refractivity contribution in [2.45, 2.75) is 31.8 Å². The third-order valence-corrected chi connectivity index (χ3v) is 4.41. The second-order valence-electron chi connectivity index (χ2n) is 5.75. The van der Waals surface area contributed by atoms with Gasteiger partial charge in [-0.2, -0.15) is 0 Å². The van der Waals surface area contributed by atoms with E-state index in [0.717, 1.165) is 24.9 Å². The number of halogens is 1. The first kappa shape index (κ1) is 13.4. The number of hydrogen-bond acceptors (Lipinski definition) is 3. The van der Waals surface area contributed by atoms with Crippen LogP contribution in [-0.2, 0) is 4.79 Å². The number of nitrogens with one attached hydrogen (secondary N) is 1. The number of piperidine rings is 1. The molecule has 108 valence electrons. The molecule has 0 saturated carbocycles. The van der Waals surface area contributed by atoms with Crippen LogP contribution in [0.15, 0.2) is 18.2 Å². The lowest BCUT2D eigenvalue weighted by Gasteiger charge is -2.38. The smallest absolute Gasteiger partial charge is 0.225 e. The van der Waals surface area contributed by atoms with E-state index in [0.29, 0.717) is 12.2 Å². The third kappa shape index (κ3) is 2.16. The van der Waals surface area contributed by atoms with Crippen molar-refractivity contribution >= 4 is 11.6 Å². The maximum absolute atomic E-state index is 14.3. The van der Waals surface area contributed by atoms with Crippen molar-refractivity contribution in [3.63, 3.8) is 0 Å². The lowest BCUT2D eigenvalue weighted by atomic mass is 9.91. The summed E-state index contributed by atoms with van der Waals surface area (Å²) in [6, 6.07) is 5.07. The van der Waals surface area contributed by atoms with Crippen LogP contribution in [0.1, 0.15) is 31.4 Å². The number of rotatable bonds is 2. The second kappa shape index (κ2) is 5.05. The van der Waals surface area contributed by atoms with Crippen LogP contribution in [0.4, 0.5) is 10.1 Å². The van der Waals surface area contributed by atoms with E-state index in [1.54, 1.807) is 6.07 Å². The molecule has 3 rings (SSSR count). The lowest BCUT2D eigenvalue weighted by Crippen LogP contribution is -2.46. The van der Waals surface area contributed by atoms with Gasteiger partial charge in [0.15, 0.2) is 0 Å². The summed E-state index contributed by atoms with van der Waals surface area (Å²) in [6.45, 7) is 3.24. The summed E-state index contributed by atoms with van der Waals surface area (Å²) in [5.41, 5.74) is 7.16. The van der Waals surface area contributed by atoms with Crippen LogP contribution in [0.3, 0.4) is 0 Å². The van der Waals surface area contributed by atoms with Gasteiger partial charge < -0.3 is 16.0 Å². The molecule has 2 unspecified atom stereocenters. The summed E-state index contributed by atoms with van der Waals surface area (Å²) in [6.07, 6.45) is 1.82. The largest absolute Gasteiger partial charge is 0.364 e. The average Bonchev–Trinajstić information content (AvgIpc) is 2.81. The van der Waals surface area contributed by atoms with Gasteiger partial charge >= 0.3 is 0 Å². The van der Waals surface area contributed by atoms with Crippen LogP contribution >= 0.6 is 0 Å². The van der Waals surface area contributed by atoms with Crippen molar-refractivity contribution in [1.29, 1.82) is 0 Å². The number of hydrogen-bond donors (Lipinski definition) is 2. The Kier molecular flexibility index (Phi) is 3.38. The van der Waals surface area contributed by atoms with Crippen molar-refractivity contribution in [2.75, 3.05) is 18.0 Å². The zero-order valence-corrected chi connectivity index (χ0v) is 11.6. The van der Waals surface area contributed by atoms with E-state index in [-0.39, 0.29) is 29.7 Å². The van der Waals surface area contributed by atoms with Gasteiger partial charge in [-0.25, -0.2) is 4.39 Å². The van der Waals surface area contributed by atoms with Gasteiger partial charge in [-0.1, -0.05) is 6.07 Å². The number of fused-ring (bicyclic) bond motifs is 1. The van der Waals surface area contributed by atoms with Crippen LogP contribution in [-0.4, -0.2) is 25.0 Å². The fourth-order valence-electron chi connectivity index (χ4n) is 3.29. The topological polar surface area (TPSA) is 58.4 Å². The highest BCUT2D eigenvalue weighted by Crippen LogP contribution is 2.33. The highest BCUT2D eigenvalue weighted by Gasteiger charge is 2.41. The molecule has 2 heterocycles. The standard InChI is InChI=1S/C15H20FN3O/c1-9(17)10-4-5-13(12(16)7-10)19-6-2-3-11-14(19)8-18-15(11)20/h4-5,7,9,11,14H,2-3,6,8,17H2,1H3,(H,18,20)/t9-,11?,14?/m0/s1. The normalized spacial score (nSPS) is 27.1. The molecule has 3 N–H and O–H groups in total. The van der Waals surface area contributed by atoms with Gasteiger partial charge in [-0.05, 0) is 37.5 Å². The monoisotopic (exact) mass is 277 g/mol. The summed E-state index contributed by atoms with van der Waals surface area (Å²) in [5, 5.41) is 2.89. The minimum atomic E-state index is -0.250. The first-order valence-corrected chi connectivity index (χ1v) is 7.17. The van der Waals surface area contributed by atoms with Crippen molar-refractivity contribution in [3.05, 3.63) is 29.6 Å². The Morgan fingerprint density at radius 1 is 1.50 bits per heavy atom. The van der Waals surface area contributed by atoms with Crippen molar-refractivity contribution < 1.29 is 9.18 Å². The number of carbonyl (C=O) groups is 1. The molecule has 2 fully saturated rings. The molecular weight excluding hydrogens is 257 g/mol. The molecule has 1 amide bonds. The van der Waals surface area contributed by atoms with E-state index >= 15 is 0 Å². The fourth-order valence-corrected chi connectivity index (χ4v) is 3.29. The molecule has 2 aliphatic rings. The molecule has 1 aromatic carbocycles. The minimum absolute atomic E-state index is 0.00346. The van der Waals surface area contributed by atoms with Crippen LogP contribution in [0.5, 0.6) is 0 Å². The first-order chi connectivity index (χ1) is 9.58. The van der Waals surface area contributed by atoms with E-state index in [4.69, 9.17) is 5.73 Å². The molecule has 2 aliphatic heterocycles. The van der Waals surface area contributed by atoms with Crippen molar-refractivity contribution in [2.24, 2.45) is 11.7 Å². The predicted octanol–water partition coefficient (Wildman–Crippen LogP) is 1.56. The molecule has 0 radical (unpaired) electrons. The maximum Gasteiger partial charge on any atom is 0.225 e. The summed E-state index contributed by atoms with van der Waals surface area (Å²) in [5.74, 6) is -0.150. The Labute approximate surface area is 118 Å². The van der Waals surface area contributed by atoms with Crippen LogP contribution in [0, 0.1) is 11.7 Å². The number of nitrogens with two attached hydrogens (primary N) is 1. The van der Waals surface area contributed by atoms with E-state index in [9.17, 15) is 9.18 Å². The van der Waals surface area contributed by atoms with Gasteiger partial charge in [0.25, 0.3) is 0 Å². The molecule has 5 heteroatoms. The SMILES string of the molecule is C[C@H](N)c1ccc(N2CCCC3C(=O)NCC32)c(F)c1. The highest BCUT2D eigenvalue weighted by molar-refractivity contribution is 5.83. The van der Waals surface area contributed by atoms with Crippen LogP contribution < -0.4 is 16.0 Å². The van der Waals surface area contributed by atoms with Gasteiger partial charge in [0.1, 0.15) is 5.82 Å². The summed E-state index contributed by atoms with van der Waals surface area (Å²) >= 11 is 0. The Morgan fingerprint density at radius 2 is 2.30 bits per heavy atom. The van der Waals surface area contributed by atoms with E-state index < -0.39 is 0 Å². The molecule has 3 atom stereocenters. The van der Waals surface area contributed by atoms with Crippen LogP contribution in [0.2, 0.25) is 0 Å². The molecule has 2 saturated heterocycles. The van der Waals surface area contributed by atoms with E-state index in [2.05, 4.69) is 5.32 Å². The lowest BCUT2D eigenvalue weighted by molar-refractivity contribution is -0.123. The zero-order chi connectivity index (χ0) is 14.3. The average molecular weight is 277 g/mol. The van der Waals surface area contributed by atoms with Crippen molar-refractivity contribution in [3.8, 4) is 0 Å². The number of carbonyl (C=O) groups excluding carboxylic acids is 1. The predicted molar refractivity (Wildman–Crippen MR) is 75.9 cm³/mol. The molecule has 20 heavy (non-hydrogen) atoms. The summed E-state index contributed by atoms with van der Waals surface area (Å²) in [4.78, 5) is 13.8. The summed E-state index contributed by atoms with van der Waals surface area (Å²) in [7, 11) is 0.